The number of anilines is 1. The number of hydrogen-bond donors (Lipinski definition) is 2. The summed E-state index contributed by atoms with van der Waals surface area (Å²) in [5.41, 5.74) is 3.80. The lowest BCUT2D eigenvalue weighted by Crippen LogP contribution is -2.15. The van der Waals surface area contributed by atoms with Gasteiger partial charge in [-0.1, -0.05) is 35.0 Å². The van der Waals surface area contributed by atoms with Crippen LogP contribution in [0.5, 0.6) is 0 Å². The van der Waals surface area contributed by atoms with E-state index in [4.69, 9.17) is 11.6 Å². The minimum Gasteiger partial charge on any atom is -0.351 e. The number of benzene rings is 2. The molecule has 4 aromatic rings. The smallest absolute Gasteiger partial charge is 0.234 e. The molecule has 2 aromatic carbocycles. The maximum atomic E-state index is 13.8. The van der Waals surface area contributed by atoms with Gasteiger partial charge in [-0.05, 0) is 37.3 Å². The summed E-state index contributed by atoms with van der Waals surface area (Å²) in [6, 6.07) is 10.2. The zero-order chi connectivity index (χ0) is 19.0. The summed E-state index contributed by atoms with van der Waals surface area (Å²) in [6.07, 6.45) is 1.48. The number of fused-ring (bicyclic) bond motifs is 3. The highest BCUT2D eigenvalue weighted by Crippen LogP contribution is 2.30. The topological polar surface area (TPSA) is 70.7 Å². The summed E-state index contributed by atoms with van der Waals surface area (Å²) in [7, 11) is 0. The van der Waals surface area contributed by atoms with Crippen LogP contribution in [0.4, 0.5) is 10.1 Å². The van der Waals surface area contributed by atoms with E-state index < -0.39 is 5.82 Å². The van der Waals surface area contributed by atoms with Gasteiger partial charge in [-0.15, -0.1) is 0 Å². The van der Waals surface area contributed by atoms with E-state index >= 15 is 0 Å². The number of H-pyrrole nitrogens is 1. The molecule has 0 unspecified atom stereocenters. The number of nitrogens with one attached hydrogen (secondary N) is 2. The first kappa shape index (κ1) is 17.8. The fourth-order valence-corrected chi connectivity index (χ4v) is 3.72. The molecule has 1 amide bonds. The van der Waals surface area contributed by atoms with Crippen LogP contribution < -0.4 is 5.32 Å². The first-order valence-electron chi connectivity index (χ1n) is 8.12. The van der Waals surface area contributed by atoms with Crippen LogP contribution in [-0.4, -0.2) is 26.6 Å². The molecule has 8 heteroatoms. The standard InChI is InChI=1S/C19H14ClFN4OS/c1-10-2-4-14-12(6-10)17-18(25-14)19(23-9-22-17)27-8-16(26)24-15-5-3-11(20)7-13(15)21/h2-7,9,25H,8H2,1H3,(H,24,26). The van der Waals surface area contributed by atoms with Crippen molar-refractivity contribution in [1.82, 2.24) is 15.0 Å². The zero-order valence-corrected chi connectivity index (χ0v) is 15.8. The Bertz CT molecular complexity index is 1180. The van der Waals surface area contributed by atoms with Crippen molar-refractivity contribution in [3.8, 4) is 0 Å². The van der Waals surface area contributed by atoms with Gasteiger partial charge >= 0.3 is 0 Å². The molecule has 27 heavy (non-hydrogen) atoms. The molecule has 2 aromatic heterocycles. The summed E-state index contributed by atoms with van der Waals surface area (Å²) in [5.74, 6) is -0.820. The largest absolute Gasteiger partial charge is 0.351 e. The molecule has 0 aliphatic heterocycles. The number of aryl methyl sites for hydroxylation is 1. The van der Waals surface area contributed by atoms with Gasteiger partial charge in [0.15, 0.2) is 0 Å². The average Bonchev–Trinajstić information content (AvgIpc) is 3.01. The van der Waals surface area contributed by atoms with Crippen molar-refractivity contribution < 1.29 is 9.18 Å². The summed E-state index contributed by atoms with van der Waals surface area (Å²) in [5, 5.41) is 4.50. The van der Waals surface area contributed by atoms with Gasteiger partial charge in [-0.2, -0.15) is 0 Å². The Morgan fingerprint density at radius 3 is 2.93 bits per heavy atom. The van der Waals surface area contributed by atoms with E-state index in [0.717, 1.165) is 33.6 Å². The molecule has 0 radical (unpaired) electrons. The number of nitrogens with zero attached hydrogens (tertiary/aromatic N) is 2. The Morgan fingerprint density at radius 2 is 2.11 bits per heavy atom. The normalized spacial score (nSPS) is 11.2. The Kier molecular flexibility index (Phi) is 4.72. The van der Waals surface area contributed by atoms with Crippen molar-refractivity contribution in [3.05, 3.63) is 59.1 Å². The van der Waals surface area contributed by atoms with Gasteiger partial charge in [0.05, 0.1) is 17.0 Å². The molecule has 0 spiro atoms. The predicted octanol–water partition coefficient (Wildman–Crippen LogP) is 4.94. The molecular formula is C19H14ClFN4OS. The van der Waals surface area contributed by atoms with Gasteiger partial charge in [0.25, 0.3) is 0 Å². The highest BCUT2D eigenvalue weighted by Gasteiger charge is 2.13. The van der Waals surface area contributed by atoms with Crippen LogP contribution in [0.15, 0.2) is 47.8 Å². The van der Waals surface area contributed by atoms with Crippen molar-refractivity contribution in [2.45, 2.75) is 11.9 Å². The third kappa shape index (κ3) is 3.61. The van der Waals surface area contributed by atoms with Crippen LogP contribution >= 0.6 is 23.4 Å². The van der Waals surface area contributed by atoms with Crippen molar-refractivity contribution >= 4 is 56.9 Å². The quantitative estimate of drug-likeness (QED) is 0.376. The van der Waals surface area contributed by atoms with E-state index in [-0.39, 0.29) is 22.4 Å². The lowest BCUT2D eigenvalue weighted by atomic mass is 10.2. The summed E-state index contributed by atoms with van der Waals surface area (Å²) < 4.78 is 13.8. The van der Waals surface area contributed by atoms with Gasteiger partial charge in [0.1, 0.15) is 22.7 Å². The van der Waals surface area contributed by atoms with E-state index in [2.05, 4.69) is 26.3 Å². The van der Waals surface area contributed by atoms with Crippen LogP contribution in [0.25, 0.3) is 21.9 Å². The molecule has 5 nitrogen and oxygen atoms in total. The molecule has 0 saturated heterocycles. The molecule has 2 heterocycles. The van der Waals surface area contributed by atoms with Crippen molar-refractivity contribution in [2.24, 2.45) is 0 Å². The average molecular weight is 401 g/mol. The maximum absolute atomic E-state index is 13.8. The lowest BCUT2D eigenvalue weighted by molar-refractivity contribution is -0.113. The number of aromatic amines is 1. The van der Waals surface area contributed by atoms with E-state index in [1.165, 1.54) is 30.2 Å². The molecule has 4 rings (SSSR count). The third-order valence-electron chi connectivity index (χ3n) is 4.05. The molecule has 136 valence electrons. The number of halogens is 2. The van der Waals surface area contributed by atoms with Crippen molar-refractivity contribution in [1.29, 1.82) is 0 Å². The van der Waals surface area contributed by atoms with E-state index in [0.29, 0.717) is 5.03 Å². The first-order chi connectivity index (χ1) is 13.0. The molecule has 0 atom stereocenters. The number of amides is 1. The second-order valence-corrected chi connectivity index (χ2v) is 7.44. The fraction of sp³-hybridized carbons (Fsp3) is 0.105. The monoisotopic (exact) mass is 400 g/mol. The molecular weight excluding hydrogens is 387 g/mol. The third-order valence-corrected chi connectivity index (χ3v) is 5.27. The van der Waals surface area contributed by atoms with Gasteiger partial charge in [0, 0.05) is 15.9 Å². The van der Waals surface area contributed by atoms with Gasteiger partial charge in [-0.25, -0.2) is 14.4 Å². The molecule has 0 aliphatic carbocycles. The number of rotatable bonds is 4. The van der Waals surface area contributed by atoms with E-state index in [1.54, 1.807) is 0 Å². The fourth-order valence-electron chi connectivity index (χ4n) is 2.80. The maximum Gasteiger partial charge on any atom is 0.234 e. The highest BCUT2D eigenvalue weighted by atomic mass is 35.5. The number of carbonyl (C=O) groups excluding carboxylic acids is 1. The summed E-state index contributed by atoms with van der Waals surface area (Å²) >= 11 is 6.98. The number of hydrogen-bond acceptors (Lipinski definition) is 4. The summed E-state index contributed by atoms with van der Waals surface area (Å²) in [6.45, 7) is 2.02. The zero-order valence-electron chi connectivity index (χ0n) is 14.2. The van der Waals surface area contributed by atoms with E-state index in [9.17, 15) is 9.18 Å². The van der Waals surface area contributed by atoms with Crippen LogP contribution in [0.2, 0.25) is 5.02 Å². The van der Waals surface area contributed by atoms with Crippen LogP contribution in [0.3, 0.4) is 0 Å². The van der Waals surface area contributed by atoms with Crippen LogP contribution in [-0.2, 0) is 4.79 Å². The van der Waals surface area contributed by atoms with Gasteiger partial charge in [-0.3, -0.25) is 4.79 Å². The van der Waals surface area contributed by atoms with Gasteiger partial charge in [0.2, 0.25) is 5.91 Å². The molecule has 0 saturated carbocycles. The number of thioether (sulfide) groups is 1. The first-order valence-corrected chi connectivity index (χ1v) is 9.48. The lowest BCUT2D eigenvalue weighted by Gasteiger charge is -2.06. The second-order valence-electron chi connectivity index (χ2n) is 6.04. The highest BCUT2D eigenvalue weighted by molar-refractivity contribution is 8.00. The predicted molar refractivity (Wildman–Crippen MR) is 107 cm³/mol. The Labute approximate surface area is 163 Å². The van der Waals surface area contributed by atoms with Gasteiger partial charge < -0.3 is 10.3 Å². The SMILES string of the molecule is Cc1ccc2[nH]c3c(SCC(=O)Nc4ccc(Cl)cc4F)ncnc3c2c1. The molecule has 0 aliphatic rings. The van der Waals surface area contributed by atoms with E-state index in [1.807, 2.05) is 19.1 Å². The van der Waals surface area contributed by atoms with Crippen molar-refractivity contribution in [2.75, 3.05) is 11.1 Å². The minimum atomic E-state index is -0.573. The Morgan fingerprint density at radius 1 is 1.26 bits per heavy atom. The number of carbonyl (C=O) groups is 1. The molecule has 2 N–H and O–H groups in total. The van der Waals surface area contributed by atoms with Crippen molar-refractivity contribution in [3.63, 3.8) is 0 Å². The van der Waals surface area contributed by atoms with Crippen LogP contribution in [0.1, 0.15) is 5.56 Å². The molecule has 0 bridgehead atoms. The second kappa shape index (κ2) is 7.17. The Balaban J connectivity index is 1.55. The molecule has 0 fully saturated rings. The van der Waals surface area contributed by atoms with Crippen LogP contribution in [0, 0.1) is 12.7 Å². The Hall–Kier alpha value is -2.64. The minimum absolute atomic E-state index is 0.0859. The summed E-state index contributed by atoms with van der Waals surface area (Å²) in [4.78, 5) is 24.2. The number of aromatic nitrogens is 3.